The number of nitrogens with zero attached hydrogens (tertiary/aromatic N) is 2. The van der Waals surface area contributed by atoms with E-state index in [2.05, 4.69) is 22.6 Å². The molecular weight excluding hydrogens is 312 g/mol. The predicted octanol–water partition coefficient (Wildman–Crippen LogP) is 0.139. The maximum Gasteiger partial charge on any atom is 0.222 e. The quantitative estimate of drug-likeness (QED) is 0.485. The van der Waals surface area contributed by atoms with Crippen molar-refractivity contribution >= 4 is 24.1 Å². The van der Waals surface area contributed by atoms with Gasteiger partial charge in [0.15, 0.2) is 0 Å². The summed E-state index contributed by atoms with van der Waals surface area (Å²) in [5.41, 5.74) is 0. The zero-order valence-corrected chi connectivity index (χ0v) is 15.1. The number of rotatable bonds is 8. The molecule has 2 N–H and O–H groups in total. The van der Waals surface area contributed by atoms with E-state index in [4.69, 9.17) is 0 Å². The summed E-state index contributed by atoms with van der Waals surface area (Å²) in [6.07, 6.45) is 4.60. The molecule has 2 rings (SSSR count). The largest absolute Gasteiger partial charge is 0.353 e. The van der Waals surface area contributed by atoms with Gasteiger partial charge < -0.3 is 20.4 Å². The predicted molar refractivity (Wildman–Crippen MR) is 94.6 cm³/mol. The molecule has 2 amide bonds. The van der Waals surface area contributed by atoms with Gasteiger partial charge in [0.1, 0.15) is 0 Å². The molecule has 23 heavy (non-hydrogen) atoms. The molecule has 3 unspecified atom stereocenters. The van der Waals surface area contributed by atoms with E-state index in [0.29, 0.717) is 23.6 Å². The van der Waals surface area contributed by atoms with Gasteiger partial charge in [0, 0.05) is 49.6 Å². The summed E-state index contributed by atoms with van der Waals surface area (Å²) in [5.74, 6) is 1.28. The van der Waals surface area contributed by atoms with E-state index in [1.165, 1.54) is 0 Å². The van der Waals surface area contributed by atoms with Crippen LogP contribution in [0.2, 0.25) is 0 Å². The molecule has 0 saturated carbocycles. The van der Waals surface area contributed by atoms with Crippen LogP contribution in [0.3, 0.4) is 0 Å². The third-order valence-electron chi connectivity index (χ3n) is 4.92. The summed E-state index contributed by atoms with van der Waals surface area (Å²) in [5, 5.41) is 6.76. The van der Waals surface area contributed by atoms with Crippen LogP contribution < -0.4 is 10.6 Å². The van der Waals surface area contributed by atoms with Crippen molar-refractivity contribution in [2.45, 2.75) is 43.0 Å². The summed E-state index contributed by atoms with van der Waals surface area (Å²) in [4.78, 5) is 27.1. The van der Waals surface area contributed by atoms with Crippen LogP contribution in [0.1, 0.15) is 25.7 Å². The van der Waals surface area contributed by atoms with Gasteiger partial charge in [-0.3, -0.25) is 9.59 Å². The Labute approximate surface area is 143 Å². The Balaban J connectivity index is 1.63. The molecule has 0 aromatic heterocycles. The Hall–Kier alpha value is -0.790. The normalized spacial score (nSPS) is 28.8. The Morgan fingerprint density at radius 2 is 2.00 bits per heavy atom. The monoisotopic (exact) mass is 342 g/mol. The SMILES string of the molecule is CNC1C(NC=O)CSC1CCCCC(=O)N1CCN(C)CC1. The molecule has 2 heterocycles. The summed E-state index contributed by atoms with van der Waals surface area (Å²) >= 11 is 1.93. The van der Waals surface area contributed by atoms with Crippen molar-refractivity contribution in [3.63, 3.8) is 0 Å². The first-order valence-electron chi connectivity index (χ1n) is 8.60. The lowest BCUT2D eigenvalue weighted by Crippen LogP contribution is -2.48. The van der Waals surface area contributed by atoms with Gasteiger partial charge in [-0.2, -0.15) is 11.8 Å². The van der Waals surface area contributed by atoms with Crippen molar-refractivity contribution in [1.82, 2.24) is 20.4 Å². The van der Waals surface area contributed by atoms with Crippen molar-refractivity contribution in [2.24, 2.45) is 0 Å². The standard InChI is InChI=1S/C16H30N4O2S/c1-17-16-13(18-12-21)11-23-14(16)5-3-4-6-15(22)20-9-7-19(2)8-10-20/h12-14,16-17H,3-11H2,1-2H3,(H,18,21). The van der Waals surface area contributed by atoms with Gasteiger partial charge >= 0.3 is 0 Å². The Bertz CT molecular complexity index is 388. The van der Waals surface area contributed by atoms with Gasteiger partial charge in [0.2, 0.25) is 12.3 Å². The molecule has 0 aromatic carbocycles. The summed E-state index contributed by atoms with van der Waals surface area (Å²) in [6.45, 7) is 3.71. The highest BCUT2D eigenvalue weighted by Crippen LogP contribution is 2.31. The fourth-order valence-corrected chi connectivity index (χ4v) is 5.04. The summed E-state index contributed by atoms with van der Waals surface area (Å²) in [7, 11) is 4.06. The number of hydrogen-bond acceptors (Lipinski definition) is 5. The van der Waals surface area contributed by atoms with E-state index < -0.39 is 0 Å². The van der Waals surface area contributed by atoms with Gasteiger partial charge in [-0.05, 0) is 26.9 Å². The van der Waals surface area contributed by atoms with Crippen molar-refractivity contribution in [3.8, 4) is 0 Å². The second-order valence-corrected chi connectivity index (χ2v) is 7.78. The molecule has 2 aliphatic rings. The van der Waals surface area contributed by atoms with Crippen LogP contribution in [0.15, 0.2) is 0 Å². The molecule has 0 radical (unpaired) electrons. The minimum atomic E-state index is 0.222. The molecule has 2 saturated heterocycles. The fraction of sp³-hybridized carbons (Fsp3) is 0.875. The number of thioether (sulfide) groups is 1. The third-order valence-corrected chi connectivity index (χ3v) is 6.43. The van der Waals surface area contributed by atoms with E-state index >= 15 is 0 Å². The highest BCUT2D eigenvalue weighted by atomic mass is 32.2. The maximum absolute atomic E-state index is 12.2. The molecule has 7 heteroatoms. The highest BCUT2D eigenvalue weighted by molar-refractivity contribution is 8.00. The lowest BCUT2D eigenvalue weighted by Gasteiger charge is -2.32. The fourth-order valence-electron chi connectivity index (χ4n) is 3.42. The molecule has 6 nitrogen and oxygen atoms in total. The number of carbonyl (C=O) groups is 2. The van der Waals surface area contributed by atoms with E-state index in [0.717, 1.165) is 57.6 Å². The van der Waals surface area contributed by atoms with Gasteiger partial charge in [-0.1, -0.05) is 6.42 Å². The zero-order chi connectivity index (χ0) is 16.7. The second kappa shape index (κ2) is 9.49. The van der Waals surface area contributed by atoms with Crippen LogP contribution in [0.4, 0.5) is 0 Å². The number of unbranched alkanes of at least 4 members (excludes halogenated alkanes) is 1. The van der Waals surface area contributed by atoms with E-state index in [1.54, 1.807) is 0 Å². The van der Waals surface area contributed by atoms with Gasteiger partial charge in [-0.15, -0.1) is 0 Å². The molecule has 0 aromatic rings. The molecular formula is C16H30N4O2S. The molecule has 132 valence electrons. The maximum atomic E-state index is 12.2. The van der Waals surface area contributed by atoms with Crippen molar-refractivity contribution in [2.75, 3.05) is 46.0 Å². The first-order valence-corrected chi connectivity index (χ1v) is 9.65. The van der Waals surface area contributed by atoms with Crippen LogP contribution in [0.5, 0.6) is 0 Å². The van der Waals surface area contributed by atoms with Gasteiger partial charge in [0.25, 0.3) is 0 Å². The van der Waals surface area contributed by atoms with Crippen LogP contribution in [0.25, 0.3) is 0 Å². The van der Waals surface area contributed by atoms with Gasteiger partial charge in [0.05, 0.1) is 6.04 Å². The Kier molecular flexibility index (Phi) is 7.65. The van der Waals surface area contributed by atoms with Crippen LogP contribution in [-0.4, -0.2) is 85.5 Å². The number of amides is 2. The van der Waals surface area contributed by atoms with E-state index in [9.17, 15) is 9.59 Å². The van der Waals surface area contributed by atoms with Crippen LogP contribution in [0, 0.1) is 0 Å². The number of nitrogens with one attached hydrogen (secondary N) is 2. The number of carbonyl (C=O) groups excluding carboxylic acids is 2. The Morgan fingerprint density at radius 1 is 1.26 bits per heavy atom. The van der Waals surface area contributed by atoms with Crippen LogP contribution in [-0.2, 0) is 9.59 Å². The molecule has 3 atom stereocenters. The average molecular weight is 343 g/mol. The number of piperazine rings is 1. The van der Waals surface area contributed by atoms with Gasteiger partial charge in [-0.25, -0.2) is 0 Å². The molecule has 2 aliphatic heterocycles. The smallest absolute Gasteiger partial charge is 0.222 e. The summed E-state index contributed by atoms with van der Waals surface area (Å²) in [6, 6.07) is 0.554. The molecule has 0 aliphatic carbocycles. The van der Waals surface area contributed by atoms with E-state index in [1.807, 2.05) is 23.7 Å². The minimum Gasteiger partial charge on any atom is -0.353 e. The molecule has 0 bridgehead atoms. The molecule has 0 spiro atoms. The third kappa shape index (κ3) is 5.36. The minimum absolute atomic E-state index is 0.222. The Morgan fingerprint density at radius 3 is 2.65 bits per heavy atom. The van der Waals surface area contributed by atoms with Crippen molar-refractivity contribution in [3.05, 3.63) is 0 Å². The zero-order valence-electron chi connectivity index (χ0n) is 14.3. The van der Waals surface area contributed by atoms with Crippen molar-refractivity contribution in [1.29, 1.82) is 0 Å². The average Bonchev–Trinajstić information content (AvgIpc) is 2.94. The topological polar surface area (TPSA) is 64.7 Å². The second-order valence-electron chi connectivity index (χ2n) is 6.51. The van der Waals surface area contributed by atoms with Crippen molar-refractivity contribution < 1.29 is 9.59 Å². The molecule has 2 fully saturated rings. The van der Waals surface area contributed by atoms with E-state index in [-0.39, 0.29) is 6.04 Å². The highest BCUT2D eigenvalue weighted by Gasteiger charge is 2.34. The lowest BCUT2D eigenvalue weighted by molar-refractivity contribution is -0.132. The summed E-state index contributed by atoms with van der Waals surface area (Å²) < 4.78 is 0. The first kappa shape index (κ1) is 18.5. The van der Waals surface area contributed by atoms with Crippen LogP contribution >= 0.6 is 11.8 Å². The number of hydrogen-bond donors (Lipinski definition) is 2. The number of likely N-dealkylation sites (N-methyl/N-ethyl adjacent to an activating group) is 2. The lowest BCUT2D eigenvalue weighted by atomic mass is 10.0. The first-order chi connectivity index (χ1) is 11.2.